The van der Waals surface area contributed by atoms with Gasteiger partial charge in [0.1, 0.15) is 0 Å². The average Bonchev–Trinajstić information content (AvgIpc) is 1.54. The summed E-state index contributed by atoms with van der Waals surface area (Å²) < 4.78 is 0. The van der Waals surface area contributed by atoms with Crippen LogP contribution in [0.1, 0.15) is 0 Å². The predicted molar refractivity (Wildman–Crippen MR) is 25.0 cm³/mol. The minimum atomic E-state index is 0.769. The van der Waals surface area contributed by atoms with Crippen LogP contribution in [0.4, 0.5) is 0 Å². The molecule has 0 aromatic heterocycles. The van der Waals surface area contributed by atoms with E-state index in [4.69, 9.17) is 0 Å². The van der Waals surface area contributed by atoms with Crippen LogP contribution in [-0.4, -0.2) is 0 Å². The normalized spacial score (nSPS) is 28.7. The van der Waals surface area contributed by atoms with Crippen LogP contribution in [0, 0.1) is 11.8 Å². The van der Waals surface area contributed by atoms with Crippen molar-refractivity contribution in [3.8, 4) is 0 Å². The maximum atomic E-state index is 2.20. The molecule has 2 aliphatic rings. The Bertz CT molecular complexity index is 92.0. The lowest BCUT2D eigenvalue weighted by atomic mass is 9.74. The Morgan fingerprint density at radius 3 is 1.67 bits per heavy atom. The van der Waals surface area contributed by atoms with Crippen molar-refractivity contribution >= 4 is 0 Å². The van der Waals surface area contributed by atoms with E-state index in [2.05, 4.69) is 24.3 Å². The molecule has 2 aliphatic carbocycles. The van der Waals surface area contributed by atoms with Gasteiger partial charge in [-0.1, -0.05) is 24.3 Å². The first-order valence-corrected chi connectivity index (χ1v) is 2.20. The van der Waals surface area contributed by atoms with E-state index >= 15 is 0 Å². The zero-order valence-corrected chi connectivity index (χ0v) is 3.39. The fourth-order valence-electron chi connectivity index (χ4n) is 0.757. The van der Waals surface area contributed by atoms with Gasteiger partial charge in [-0.3, -0.25) is 0 Å². The number of allylic oxidation sites excluding steroid dienone is 4. The molecule has 0 unspecified atom stereocenters. The molecule has 0 bridgehead atoms. The summed E-state index contributed by atoms with van der Waals surface area (Å²) in [5, 5.41) is 0. The molecule has 0 aromatic rings. The molecule has 0 N–H and O–H groups in total. The van der Waals surface area contributed by atoms with Crippen LogP contribution in [0.25, 0.3) is 0 Å². The molecule has 0 amide bonds. The summed E-state index contributed by atoms with van der Waals surface area (Å²) in [6.45, 7) is 0. The van der Waals surface area contributed by atoms with E-state index < -0.39 is 0 Å². The fourth-order valence-corrected chi connectivity index (χ4v) is 0.757. The van der Waals surface area contributed by atoms with Gasteiger partial charge in [-0.15, -0.1) is 0 Å². The first kappa shape index (κ1) is 2.62. The molecule has 0 saturated heterocycles. The summed E-state index contributed by atoms with van der Waals surface area (Å²) >= 11 is 0. The Kier molecular flexibility index (Phi) is 0.264. The van der Waals surface area contributed by atoms with E-state index in [-0.39, 0.29) is 0 Å². The third-order valence-electron chi connectivity index (χ3n) is 1.38. The largest absolute Gasteiger partial charge is 0.0794 e. The Morgan fingerprint density at radius 1 is 1.17 bits per heavy atom. The van der Waals surface area contributed by atoms with Gasteiger partial charge in [-0.2, -0.15) is 0 Å². The highest BCUT2D eigenvalue weighted by Crippen LogP contribution is 2.37. The third-order valence-corrected chi connectivity index (χ3v) is 1.38. The molecule has 6 heavy (non-hydrogen) atoms. The van der Waals surface area contributed by atoms with Gasteiger partial charge in [0.25, 0.3) is 0 Å². The summed E-state index contributed by atoms with van der Waals surface area (Å²) in [4.78, 5) is 0. The lowest BCUT2D eigenvalue weighted by Gasteiger charge is -2.30. The van der Waals surface area contributed by atoms with Crippen LogP contribution < -0.4 is 0 Å². The van der Waals surface area contributed by atoms with Crippen LogP contribution in [0.15, 0.2) is 24.3 Å². The molecule has 1 radical (unpaired) electrons. The second kappa shape index (κ2) is 0.604. The Balaban J connectivity index is 2.40. The SMILES string of the molecule is C1=CC2C=C[C]12. The lowest BCUT2D eigenvalue weighted by molar-refractivity contribution is 0.784. The van der Waals surface area contributed by atoms with Crippen LogP contribution >= 0.6 is 0 Å². The smallest absolute Gasteiger partial charge is 0.0294 e. The van der Waals surface area contributed by atoms with Gasteiger partial charge in [0.05, 0.1) is 0 Å². The molecule has 29 valence electrons. The summed E-state index contributed by atoms with van der Waals surface area (Å²) in [6, 6.07) is 0. The monoisotopic (exact) mass is 77.0 g/mol. The molecule has 0 spiro atoms. The summed E-state index contributed by atoms with van der Waals surface area (Å²) in [5.41, 5.74) is 0. The van der Waals surface area contributed by atoms with Crippen LogP contribution in [-0.2, 0) is 0 Å². The Morgan fingerprint density at radius 2 is 1.67 bits per heavy atom. The zero-order chi connectivity index (χ0) is 3.98. The summed E-state index contributed by atoms with van der Waals surface area (Å²) in [5.74, 6) is 2.28. The van der Waals surface area contributed by atoms with E-state index in [1.54, 1.807) is 0 Å². The zero-order valence-electron chi connectivity index (χ0n) is 3.39. The van der Waals surface area contributed by atoms with Crippen LogP contribution in [0.2, 0.25) is 0 Å². The van der Waals surface area contributed by atoms with Crippen molar-refractivity contribution in [3.05, 3.63) is 30.2 Å². The van der Waals surface area contributed by atoms with E-state index in [9.17, 15) is 0 Å². The van der Waals surface area contributed by atoms with Crippen molar-refractivity contribution in [3.63, 3.8) is 0 Å². The molecule has 0 heteroatoms. The molecule has 2 rings (SSSR count). The molecule has 0 saturated carbocycles. The summed E-state index contributed by atoms with van der Waals surface area (Å²) in [7, 11) is 0. The maximum Gasteiger partial charge on any atom is 0.0294 e. The Hall–Kier alpha value is -0.520. The second-order valence-corrected chi connectivity index (χ2v) is 1.74. The van der Waals surface area contributed by atoms with Gasteiger partial charge in [-0.25, -0.2) is 0 Å². The van der Waals surface area contributed by atoms with Gasteiger partial charge >= 0.3 is 0 Å². The molecule has 0 aliphatic heterocycles. The van der Waals surface area contributed by atoms with Crippen LogP contribution in [0.3, 0.4) is 0 Å². The molecule has 0 aromatic carbocycles. The maximum absolute atomic E-state index is 2.20. The third kappa shape index (κ3) is 0.118. The molecule has 0 heterocycles. The van der Waals surface area contributed by atoms with E-state index in [1.165, 1.54) is 5.92 Å². The Labute approximate surface area is 37.2 Å². The van der Waals surface area contributed by atoms with Crippen molar-refractivity contribution in [2.75, 3.05) is 0 Å². The first-order chi connectivity index (χ1) is 2.97. The standard InChI is InChI=1S/C6H5/c1-2-6-4-3-5(1)6/h1-5H. The van der Waals surface area contributed by atoms with Gasteiger partial charge < -0.3 is 0 Å². The molecule has 0 fully saturated rings. The molecular formula is C6H5. The quantitative estimate of drug-likeness (QED) is 0.409. The number of hydrogen-bond acceptors (Lipinski definition) is 0. The molecule has 0 atom stereocenters. The van der Waals surface area contributed by atoms with Gasteiger partial charge in [0.15, 0.2) is 0 Å². The van der Waals surface area contributed by atoms with Crippen molar-refractivity contribution < 1.29 is 0 Å². The van der Waals surface area contributed by atoms with Crippen molar-refractivity contribution in [1.29, 1.82) is 0 Å². The number of hydrogen-bond donors (Lipinski definition) is 0. The van der Waals surface area contributed by atoms with Gasteiger partial charge in [-0.05, 0) is 0 Å². The molecular weight excluding hydrogens is 72.1 g/mol. The minimum absolute atomic E-state index is 0.769. The van der Waals surface area contributed by atoms with Gasteiger partial charge in [0, 0.05) is 11.8 Å². The summed E-state index contributed by atoms with van der Waals surface area (Å²) in [6.07, 6.45) is 8.72. The van der Waals surface area contributed by atoms with E-state index in [1.807, 2.05) is 0 Å². The van der Waals surface area contributed by atoms with Crippen LogP contribution in [0.5, 0.6) is 0 Å². The number of rotatable bonds is 0. The van der Waals surface area contributed by atoms with Crippen molar-refractivity contribution in [2.45, 2.75) is 0 Å². The minimum Gasteiger partial charge on any atom is -0.0794 e. The van der Waals surface area contributed by atoms with Crippen molar-refractivity contribution in [2.24, 2.45) is 5.92 Å². The highest BCUT2D eigenvalue weighted by molar-refractivity contribution is 5.48. The highest BCUT2D eigenvalue weighted by Gasteiger charge is 2.25. The van der Waals surface area contributed by atoms with Crippen molar-refractivity contribution in [1.82, 2.24) is 0 Å². The molecule has 0 nitrogen and oxygen atoms in total. The van der Waals surface area contributed by atoms with E-state index in [0.717, 1.165) is 5.92 Å². The van der Waals surface area contributed by atoms with Gasteiger partial charge in [0.2, 0.25) is 0 Å². The number of fused-ring (bicyclic) bond motifs is 1. The second-order valence-electron chi connectivity index (χ2n) is 1.74. The van der Waals surface area contributed by atoms with E-state index in [0.29, 0.717) is 0 Å². The first-order valence-electron chi connectivity index (χ1n) is 2.20. The average molecular weight is 77.1 g/mol. The lowest BCUT2D eigenvalue weighted by Crippen LogP contribution is -2.18. The fraction of sp³-hybridized carbons (Fsp3) is 0.167. The predicted octanol–water partition coefficient (Wildman–Crippen LogP) is 1.32. The topological polar surface area (TPSA) is 0 Å². The highest BCUT2D eigenvalue weighted by atomic mass is 14.3.